The Kier molecular flexibility index (Phi) is 3.36. The van der Waals surface area contributed by atoms with E-state index in [9.17, 15) is 4.79 Å². The highest BCUT2D eigenvalue weighted by molar-refractivity contribution is 5.96. The molecule has 1 aliphatic rings. The third-order valence-electron chi connectivity index (χ3n) is 5.22. The van der Waals surface area contributed by atoms with Crippen molar-refractivity contribution in [3.63, 3.8) is 0 Å². The first kappa shape index (κ1) is 14.3. The van der Waals surface area contributed by atoms with Crippen LogP contribution in [-0.4, -0.2) is 5.78 Å². The summed E-state index contributed by atoms with van der Waals surface area (Å²) in [6.45, 7) is 15.3. The van der Waals surface area contributed by atoms with Gasteiger partial charge in [-0.25, -0.2) is 0 Å². The number of Topliss-reactive ketones (excluding diaryl/α,β-unsaturated/α-hetero) is 1. The maximum Gasteiger partial charge on any atom is 0.160 e. The van der Waals surface area contributed by atoms with Crippen molar-refractivity contribution < 1.29 is 4.79 Å². The second kappa shape index (κ2) is 4.47. The van der Waals surface area contributed by atoms with Gasteiger partial charge in [-0.1, -0.05) is 40.7 Å². The lowest BCUT2D eigenvalue weighted by molar-refractivity contribution is 0.101. The van der Waals surface area contributed by atoms with E-state index in [1.54, 1.807) is 6.92 Å². The molecule has 2 rings (SSSR count). The second-order valence-corrected chi connectivity index (χ2v) is 7.09. The lowest BCUT2D eigenvalue weighted by atomic mass is 9.74. The van der Waals surface area contributed by atoms with Gasteiger partial charge in [0, 0.05) is 5.56 Å². The number of rotatable bonds is 2. The van der Waals surface area contributed by atoms with Crippen molar-refractivity contribution >= 4 is 5.78 Å². The van der Waals surface area contributed by atoms with Crippen LogP contribution in [0.2, 0.25) is 0 Å². The Labute approximate surface area is 117 Å². The van der Waals surface area contributed by atoms with Crippen LogP contribution in [0.3, 0.4) is 0 Å². The molecule has 0 fully saturated rings. The average Bonchev–Trinajstić information content (AvgIpc) is 2.47. The Bertz CT molecular complexity index is 523. The minimum Gasteiger partial charge on any atom is -0.295 e. The zero-order valence-corrected chi connectivity index (χ0v) is 13.3. The second-order valence-electron chi connectivity index (χ2n) is 7.09. The van der Waals surface area contributed by atoms with Gasteiger partial charge in [-0.05, 0) is 59.8 Å². The van der Waals surface area contributed by atoms with Gasteiger partial charge in [0.15, 0.2) is 5.78 Å². The van der Waals surface area contributed by atoms with Gasteiger partial charge in [0.1, 0.15) is 0 Å². The third-order valence-corrected chi connectivity index (χ3v) is 5.22. The molecule has 1 aromatic carbocycles. The molecule has 104 valence electrons. The van der Waals surface area contributed by atoms with E-state index in [0.717, 1.165) is 11.1 Å². The minimum atomic E-state index is 0.181. The largest absolute Gasteiger partial charge is 0.295 e. The Morgan fingerprint density at radius 2 is 1.84 bits per heavy atom. The number of benzene rings is 1. The quantitative estimate of drug-likeness (QED) is 0.692. The summed E-state index contributed by atoms with van der Waals surface area (Å²) < 4.78 is 0. The van der Waals surface area contributed by atoms with Gasteiger partial charge in [0.25, 0.3) is 0 Å². The molecule has 0 spiro atoms. The SMILES string of the molecule is CC(=O)c1cc2c(cc1C)C(C)(C)[C@H](C)[C@H]2C(C)C. The molecule has 0 saturated heterocycles. The summed E-state index contributed by atoms with van der Waals surface area (Å²) in [5.74, 6) is 1.96. The Morgan fingerprint density at radius 3 is 2.32 bits per heavy atom. The first-order valence-electron chi connectivity index (χ1n) is 7.33. The molecule has 1 heteroatoms. The van der Waals surface area contributed by atoms with Gasteiger partial charge in [-0.2, -0.15) is 0 Å². The minimum absolute atomic E-state index is 0.181. The topological polar surface area (TPSA) is 17.1 Å². The van der Waals surface area contributed by atoms with Gasteiger partial charge < -0.3 is 0 Å². The zero-order chi connectivity index (χ0) is 14.5. The fourth-order valence-corrected chi connectivity index (χ4v) is 3.84. The number of aryl methyl sites for hydroxylation is 1. The van der Waals surface area contributed by atoms with Gasteiger partial charge in [-0.15, -0.1) is 0 Å². The lowest BCUT2D eigenvalue weighted by Gasteiger charge is -2.30. The van der Waals surface area contributed by atoms with Crippen LogP contribution in [0.1, 0.15) is 74.5 Å². The van der Waals surface area contributed by atoms with Crippen molar-refractivity contribution in [2.24, 2.45) is 11.8 Å². The third kappa shape index (κ3) is 2.04. The maximum atomic E-state index is 11.8. The number of hydrogen-bond donors (Lipinski definition) is 0. The van der Waals surface area contributed by atoms with Crippen LogP contribution >= 0.6 is 0 Å². The van der Waals surface area contributed by atoms with Crippen LogP contribution in [0, 0.1) is 18.8 Å². The molecule has 0 N–H and O–H groups in total. The summed E-state index contributed by atoms with van der Waals surface area (Å²) in [5.41, 5.74) is 5.07. The van der Waals surface area contributed by atoms with Crippen molar-refractivity contribution in [2.75, 3.05) is 0 Å². The van der Waals surface area contributed by atoms with Crippen molar-refractivity contribution in [1.29, 1.82) is 0 Å². The first-order chi connectivity index (χ1) is 8.67. The highest BCUT2D eigenvalue weighted by atomic mass is 16.1. The summed E-state index contributed by atoms with van der Waals surface area (Å²) in [6, 6.07) is 4.42. The van der Waals surface area contributed by atoms with Crippen LogP contribution in [0.25, 0.3) is 0 Å². The molecule has 2 atom stereocenters. The first-order valence-corrected chi connectivity index (χ1v) is 7.33. The molecule has 1 aromatic rings. The fraction of sp³-hybridized carbons (Fsp3) is 0.611. The molecule has 1 aliphatic carbocycles. The summed E-state index contributed by atoms with van der Waals surface area (Å²) in [4.78, 5) is 11.8. The molecule has 0 radical (unpaired) electrons. The summed E-state index contributed by atoms with van der Waals surface area (Å²) in [5, 5.41) is 0. The van der Waals surface area contributed by atoms with Crippen molar-refractivity contribution in [3.8, 4) is 0 Å². The zero-order valence-electron chi connectivity index (χ0n) is 13.3. The number of ketones is 1. The van der Waals surface area contributed by atoms with E-state index in [4.69, 9.17) is 0 Å². The van der Waals surface area contributed by atoms with Gasteiger partial charge in [0.2, 0.25) is 0 Å². The van der Waals surface area contributed by atoms with E-state index >= 15 is 0 Å². The molecule has 0 unspecified atom stereocenters. The molecular formula is C18H26O. The Hall–Kier alpha value is -1.11. The molecule has 1 nitrogen and oxygen atoms in total. The highest BCUT2D eigenvalue weighted by Crippen LogP contribution is 2.53. The van der Waals surface area contributed by atoms with E-state index in [2.05, 4.69) is 53.7 Å². The van der Waals surface area contributed by atoms with Gasteiger partial charge in [0.05, 0.1) is 0 Å². The molecule has 0 aromatic heterocycles. The summed E-state index contributed by atoms with van der Waals surface area (Å²) in [7, 11) is 0. The van der Waals surface area contributed by atoms with E-state index in [-0.39, 0.29) is 11.2 Å². The van der Waals surface area contributed by atoms with Crippen LogP contribution in [0.15, 0.2) is 12.1 Å². The smallest absolute Gasteiger partial charge is 0.160 e. The molecule has 19 heavy (non-hydrogen) atoms. The van der Waals surface area contributed by atoms with E-state index in [1.807, 2.05) is 0 Å². The van der Waals surface area contributed by atoms with Crippen LogP contribution in [0.4, 0.5) is 0 Å². The normalized spacial score (nSPS) is 24.6. The standard InChI is InChI=1S/C18H26O/c1-10(2)17-12(4)18(6,7)16-8-11(3)14(13(5)19)9-15(16)17/h8-10,12,17H,1-7H3/t12-,17-/m1/s1. The van der Waals surface area contributed by atoms with E-state index in [0.29, 0.717) is 17.8 Å². The monoisotopic (exact) mass is 258 g/mol. The predicted octanol–water partition coefficient (Wildman–Crippen LogP) is 4.86. The van der Waals surface area contributed by atoms with Crippen molar-refractivity contribution in [3.05, 3.63) is 34.4 Å². The van der Waals surface area contributed by atoms with Crippen LogP contribution in [-0.2, 0) is 5.41 Å². The molecule has 0 saturated carbocycles. The summed E-state index contributed by atoms with van der Waals surface area (Å²) >= 11 is 0. The molecule has 0 aliphatic heterocycles. The van der Waals surface area contributed by atoms with Crippen molar-refractivity contribution in [2.45, 2.75) is 59.8 Å². The number of carbonyl (C=O) groups is 1. The number of carbonyl (C=O) groups excluding carboxylic acids is 1. The Morgan fingerprint density at radius 1 is 1.26 bits per heavy atom. The predicted molar refractivity (Wildman–Crippen MR) is 81.0 cm³/mol. The van der Waals surface area contributed by atoms with Crippen LogP contribution in [0.5, 0.6) is 0 Å². The van der Waals surface area contributed by atoms with E-state index < -0.39 is 0 Å². The van der Waals surface area contributed by atoms with Gasteiger partial charge >= 0.3 is 0 Å². The van der Waals surface area contributed by atoms with Gasteiger partial charge in [-0.3, -0.25) is 4.79 Å². The van der Waals surface area contributed by atoms with E-state index in [1.165, 1.54) is 11.1 Å². The lowest BCUT2D eigenvalue weighted by Crippen LogP contribution is -2.25. The average molecular weight is 258 g/mol. The molecule has 0 heterocycles. The molecule has 0 bridgehead atoms. The van der Waals surface area contributed by atoms with Crippen molar-refractivity contribution in [1.82, 2.24) is 0 Å². The van der Waals surface area contributed by atoms with Crippen LogP contribution < -0.4 is 0 Å². The summed E-state index contributed by atoms with van der Waals surface area (Å²) in [6.07, 6.45) is 0. The fourth-order valence-electron chi connectivity index (χ4n) is 3.84. The Balaban J connectivity index is 2.69. The number of fused-ring (bicyclic) bond motifs is 1. The highest BCUT2D eigenvalue weighted by Gasteiger charge is 2.44. The maximum absolute atomic E-state index is 11.8. The molecular weight excluding hydrogens is 232 g/mol. The number of hydrogen-bond acceptors (Lipinski definition) is 1. The molecule has 0 amide bonds.